The quantitative estimate of drug-likeness (QED) is 0.789. The van der Waals surface area contributed by atoms with E-state index in [0.717, 1.165) is 25.9 Å². The third-order valence-corrected chi connectivity index (χ3v) is 5.99. The van der Waals surface area contributed by atoms with Crippen molar-refractivity contribution in [2.45, 2.75) is 38.6 Å². The number of nitrogens with one attached hydrogen (secondary N) is 1. The lowest BCUT2D eigenvalue weighted by atomic mass is 10.2. The zero-order valence-corrected chi connectivity index (χ0v) is 14.2. The van der Waals surface area contributed by atoms with Crippen molar-refractivity contribution in [3.63, 3.8) is 0 Å². The third kappa shape index (κ3) is 4.55. The van der Waals surface area contributed by atoms with Gasteiger partial charge in [0, 0.05) is 32.7 Å². The molecule has 0 aromatic heterocycles. The molecule has 8 heteroatoms. The standard InChI is InChI=1S/C13H25N3O3S.ClH/c1-2-3-11-20(18,19)16-8-4-5-12(16)13(17)15-9-6-14-7-10-15;/h12,14H,2-11H2,1H3;1H. The number of hydrogen-bond donors (Lipinski definition) is 1. The van der Waals surface area contributed by atoms with Crippen LogP contribution in [0.5, 0.6) is 0 Å². The van der Waals surface area contributed by atoms with Crippen molar-refractivity contribution in [3.05, 3.63) is 0 Å². The zero-order valence-electron chi connectivity index (χ0n) is 12.6. The molecule has 2 rings (SSSR count). The predicted octanol–water partition coefficient (Wildman–Crippen LogP) is 0.434. The van der Waals surface area contributed by atoms with Crippen LogP contribution in [0.4, 0.5) is 0 Å². The first-order valence-electron chi connectivity index (χ1n) is 7.55. The molecular formula is C13H26ClN3O3S. The maximum atomic E-state index is 12.5. The lowest BCUT2D eigenvalue weighted by Crippen LogP contribution is -2.53. The van der Waals surface area contributed by atoms with Gasteiger partial charge in [0.2, 0.25) is 15.9 Å². The van der Waals surface area contributed by atoms with Gasteiger partial charge in [0.15, 0.2) is 0 Å². The number of carbonyl (C=O) groups excluding carboxylic acids is 1. The summed E-state index contributed by atoms with van der Waals surface area (Å²) in [7, 11) is -3.28. The van der Waals surface area contributed by atoms with Crippen LogP contribution in [0, 0.1) is 0 Å². The Balaban J connectivity index is 0.00000220. The summed E-state index contributed by atoms with van der Waals surface area (Å²) in [6, 6.07) is -0.463. The minimum atomic E-state index is -3.28. The number of rotatable bonds is 5. The van der Waals surface area contributed by atoms with Crippen LogP contribution in [0.3, 0.4) is 0 Å². The minimum Gasteiger partial charge on any atom is -0.339 e. The number of carbonyl (C=O) groups is 1. The molecule has 1 atom stereocenters. The highest BCUT2D eigenvalue weighted by molar-refractivity contribution is 7.89. The number of piperazine rings is 1. The molecule has 124 valence electrons. The summed E-state index contributed by atoms with van der Waals surface area (Å²) < 4.78 is 26.1. The van der Waals surface area contributed by atoms with Crippen molar-refractivity contribution in [3.8, 4) is 0 Å². The molecular weight excluding hydrogens is 314 g/mol. The van der Waals surface area contributed by atoms with E-state index in [1.165, 1.54) is 4.31 Å². The van der Waals surface area contributed by atoms with Crippen molar-refractivity contribution in [1.82, 2.24) is 14.5 Å². The molecule has 1 unspecified atom stereocenters. The first-order chi connectivity index (χ1) is 9.56. The number of amides is 1. The molecule has 1 amide bonds. The van der Waals surface area contributed by atoms with E-state index in [9.17, 15) is 13.2 Å². The molecule has 2 aliphatic heterocycles. The second kappa shape index (κ2) is 8.31. The molecule has 6 nitrogen and oxygen atoms in total. The number of hydrogen-bond acceptors (Lipinski definition) is 4. The normalized spacial score (nSPS) is 23.9. The van der Waals surface area contributed by atoms with E-state index in [0.29, 0.717) is 32.5 Å². The highest BCUT2D eigenvalue weighted by atomic mass is 35.5. The summed E-state index contributed by atoms with van der Waals surface area (Å²) in [5.74, 6) is 0.151. The largest absolute Gasteiger partial charge is 0.339 e. The van der Waals surface area contributed by atoms with E-state index in [1.807, 2.05) is 6.92 Å². The van der Waals surface area contributed by atoms with Crippen LogP contribution in [0.25, 0.3) is 0 Å². The smallest absolute Gasteiger partial charge is 0.241 e. The van der Waals surface area contributed by atoms with Gasteiger partial charge in [0.1, 0.15) is 6.04 Å². The number of nitrogens with zero attached hydrogens (tertiary/aromatic N) is 2. The van der Waals surface area contributed by atoms with Crippen LogP contribution in [-0.2, 0) is 14.8 Å². The maximum Gasteiger partial charge on any atom is 0.241 e. The molecule has 0 radical (unpaired) electrons. The van der Waals surface area contributed by atoms with Crippen LogP contribution in [-0.4, -0.2) is 68.0 Å². The Morgan fingerprint density at radius 1 is 1.24 bits per heavy atom. The molecule has 0 aliphatic carbocycles. The van der Waals surface area contributed by atoms with Gasteiger partial charge >= 0.3 is 0 Å². The van der Waals surface area contributed by atoms with E-state index >= 15 is 0 Å². The van der Waals surface area contributed by atoms with Crippen LogP contribution in [0.1, 0.15) is 32.6 Å². The molecule has 21 heavy (non-hydrogen) atoms. The first kappa shape index (κ1) is 18.7. The topological polar surface area (TPSA) is 69.7 Å². The van der Waals surface area contributed by atoms with Crippen LogP contribution in [0.2, 0.25) is 0 Å². The summed E-state index contributed by atoms with van der Waals surface area (Å²) in [5.41, 5.74) is 0. The number of halogens is 1. The fourth-order valence-corrected chi connectivity index (χ4v) is 4.74. The fraction of sp³-hybridized carbons (Fsp3) is 0.923. The van der Waals surface area contributed by atoms with Crippen molar-refractivity contribution in [1.29, 1.82) is 0 Å². The average molecular weight is 340 g/mol. The number of sulfonamides is 1. The van der Waals surface area contributed by atoms with Gasteiger partial charge in [-0.1, -0.05) is 13.3 Å². The molecule has 0 bridgehead atoms. The van der Waals surface area contributed by atoms with E-state index in [2.05, 4.69) is 5.32 Å². The Hall–Kier alpha value is -0.370. The van der Waals surface area contributed by atoms with Gasteiger partial charge in [-0.05, 0) is 19.3 Å². The lowest BCUT2D eigenvalue weighted by Gasteiger charge is -2.32. The van der Waals surface area contributed by atoms with E-state index < -0.39 is 16.1 Å². The summed E-state index contributed by atoms with van der Waals surface area (Å²) in [4.78, 5) is 14.3. The zero-order chi connectivity index (χ0) is 14.6. The van der Waals surface area contributed by atoms with Crippen LogP contribution < -0.4 is 5.32 Å². The fourth-order valence-electron chi connectivity index (χ4n) is 2.86. The van der Waals surface area contributed by atoms with Gasteiger partial charge in [0.05, 0.1) is 5.75 Å². The maximum absolute atomic E-state index is 12.5. The molecule has 1 N–H and O–H groups in total. The molecule has 0 aromatic rings. The number of unbranched alkanes of at least 4 members (excludes halogenated alkanes) is 1. The third-order valence-electron chi connectivity index (χ3n) is 4.03. The second-order valence-corrected chi connectivity index (χ2v) is 7.55. The van der Waals surface area contributed by atoms with Gasteiger partial charge in [-0.15, -0.1) is 12.4 Å². The van der Waals surface area contributed by atoms with Crippen molar-refractivity contribution >= 4 is 28.3 Å². The Bertz CT molecular complexity index is 438. The Morgan fingerprint density at radius 3 is 2.52 bits per heavy atom. The molecule has 2 saturated heterocycles. The summed E-state index contributed by atoms with van der Waals surface area (Å²) in [6.45, 7) is 5.41. The van der Waals surface area contributed by atoms with Gasteiger partial charge < -0.3 is 10.2 Å². The van der Waals surface area contributed by atoms with E-state index in [1.54, 1.807) is 4.90 Å². The molecule has 0 aromatic carbocycles. The van der Waals surface area contributed by atoms with Crippen molar-refractivity contribution in [2.24, 2.45) is 0 Å². The Morgan fingerprint density at radius 2 is 1.90 bits per heavy atom. The molecule has 0 spiro atoms. The molecule has 2 heterocycles. The Labute approximate surface area is 133 Å². The van der Waals surface area contributed by atoms with Gasteiger partial charge in [-0.3, -0.25) is 4.79 Å². The predicted molar refractivity (Wildman–Crippen MR) is 85.1 cm³/mol. The lowest BCUT2D eigenvalue weighted by molar-refractivity contribution is -0.135. The van der Waals surface area contributed by atoms with Crippen LogP contribution in [0.15, 0.2) is 0 Å². The summed E-state index contributed by atoms with van der Waals surface area (Å²) in [5, 5.41) is 3.20. The highest BCUT2D eigenvalue weighted by Crippen LogP contribution is 2.24. The monoisotopic (exact) mass is 339 g/mol. The molecule has 0 saturated carbocycles. The van der Waals surface area contributed by atoms with Crippen LogP contribution >= 0.6 is 12.4 Å². The molecule has 2 fully saturated rings. The van der Waals surface area contributed by atoms with Gasteiger partial charge in [-0.2, -0.15) is 4.31 Å². The Kier molecular flexibility index (Phi) is 7.39. The van der Waals surface area contributed by atoms with Gasteiger partial charge in [0.25, 0.3) is 0 Å². The van der Waals surface area contributed by atoms with E-state index in [4.69, 9.17) is 0 Å². The minimum absolute atomic E-state index is 0. The van der Waals surface area contributed by atoms with Gasteiger partial charge in [-0.25, -0.2) is 8.42 Å². The highest BCUT2D eigenvalue weighted by Gasteiger charge is 2.40. The SMILES string of the molecule is CCCCS(=O)(=O)N1CCCC1C(=O)N1CCNCC1.Cl. The second-order valence-electron chi connectivity index (χ2n) is 5.51. The molecule has 2 aliphatic rings. The summed E-state index contributed by atoms with van der Waals surface area (Å²) in [6.07, 6.45) is 2.96. The van der Waals surface area contributed by atoms with E-state index in [-0.39, 0.29) is 24.1 Å². The van der Waals surface area contributed by atoms with Crippen molar-refractivity contribution < 1.29 is 13.2 Å². The average Bonchev–Trinajstić information content (AvgIpc) is 2.95. The first-order valence-corrected chi connectivity index (χ1v) is 9.16. The summed E-state index contributed by atoms with van der Waals surface area (Å²) >= 11 is 0. The van der Waals surface area contributed by atoms with Crippen molar-refractivity contribution in [2.75, 3.05) is 38.5 Å².